The monoisotopic (exact) mass is 458 g/mol. The number of rotatable bonds is 9. The minimum absolute atomic E-state index is 0.0924. The van der Waals surface area contributed by atoms with E-state index < -0.39 is 10.0 Å². The molecule has 0 aliphatic carbocycles. The van der Waals surface area contributed by atoms with Gasteiger partial charge in [0, 0.05) is 32.6 Å². The maximum Gasteiger partial charge on any atom is 0.243 e. The van der Waals surface area contributed by atoms with Crippen molar-refractivity contribution in [3.63, 3.8) is 0 Å². The lowest BCUT2D eigenvalue weighted by Gasteiger charge is -2.18. The maximum atomic E-state index is 12.7. The second kappa shape index (κ2) is 9.17. The van der Waals surface area contributed by atoms with Gasteiger partial charge in [0.15, 0.2) is 11.5 Å². The quantitative estimate of drug-likeness (QED) is 0.529. The number of hydrogen-bond donors (Lipinski definition) is 1. The Hall–Kier alpha value is -3.11. The highest BCUT2D eigenvalue weighted by atomic mass is 32.2. The first-order chi connectivity index (χ1) is 15.4. The smallest absolute Gasteiger partial charge is 0.243 e. The Bertz CT molecular complexity index is 1230. The van der Waals surface area contributed by atoms with Crippen molar-refractivity contribution in [2.45, 2.75) is 38.3 Å². The molecule has 9 nitrogen and oxygen atoms in total. The van der Waals surface area contributed by atoms with Crippen molar-refractivity contribution in [1.29, 1.82) is 0 Å². The van der Waals surface area contributed by atoms with Crippen LogP contribution in [0.4, 0.5) is 0 Å². The van der Waals surface area contributed by atoms with Crippen LogP contribution in [0.15, 0.2) is 47.6 Å². The van der Waals surface area contributed by atoms with Crippen LogP contribution in [0, 0.1) is 0 Å². The van der Waals surface area contributed by atoms with Gasteiger partial charge in [0.2, 0.25) is 22.7 Å². The Morgan fingerprint density at radius 2 is 1.91 bits per heavy atom. The summed E-state index contributed by atoms with van der Waals surface area (Å²) in [5.74, 6) is 1.30. The fraction of sp³-hybridized carbons (Fsp3) is 0.364. The Morgan fingerprint density at radius 1 is 1.12 bits per heavy atom. The van der Waals surface area contributed by atoms with Crippen molar-refractivity contribution in [3.05, 3.63) is 48.3 Å². The van der Waals surface area contributed by atoms with Crippen LogP contribution >= 0.6 is 0 Å². The molecule has 0 bridgehead atoms. The number of ether oxygens (including phenoxy) is 2. The summed E-state index contributed by atoms with van der Waals surface area (Å²) in [6.07, 6.45) is 1.90. The Labute approximate surface area is 187 Å². The van der Waals surface area contributed by atoms with Crippen LogP contribution in [0.2, 0.25) is 0 Å². The second-order valence-corrected chi connectivity index (χ2v) is 9.33. The molecule has 0 unspecified atom stereocenters. The first kappa shape index (κ1) is 22.1. The number of benzene rings is 2. The molecule has 3 aromatic rings. The molecule has 4 rings (SSSR count). The van der Waals surface area contributed by atoms with Gasteiger partial charge in [0.25, 0.3) is 0 Å². The van der Waals surface area contributed by atoms with Gasteiger partial charge in [-0.15, -0.1) is 0 Å². The van der Waals surface area contributed by atoms with Crippen LogP contribution < -0.4 is 14.8 Å². The van der Waals surface area contributed by atoms with E-state index in [-0.39, 0.29) is 24.0 Å². The molecule has 10 heteroatoms. The van der Waals surface area contributed by atoms with E-state index in [1.54, 1.807) is 24.5 Å². The number of carbonyl (C=O) groups is 1. The molecule has 0 radical (unpaired) electrons. The summed E-state index contributed by atoms with van der Waals surface area (Å²) < 4.78 is 39.4. The van der Waals surface area contributed by atoms with Gasteiger partial charge in [0.1, 0.15) is 0 Å². The number of aryl methyl sites for hydroxylation is 1. The number of imidazole rings is 1. The van der Waals surface area contributed by atoms with Crippen LogP contribution in [0.25, 0.3) is 11.0 Å². The number of sulfonamides is 1. The van der Waals surface area contributed by atoms with E-state index in [1.807, 2.05) is 36.6 Å². The van der Waals surface area contributed by atoms with Gasteiger partial charge < -0.3 is 19.4 Å². The van der Waals surface area contributed by atoms with Gasteiger partial charge in [-0.1, -0.05) is 19.9 Å². The number of hydrogen-bond acceptors (Lipinski definition) is 6. The van der Waals surface area contributed by atoms with Crippen LogP contribution in [0.1, 0.15) is 25.8 Å². The lowest BCUT2D eigenvalue weighted by molar-refractivity contribution is -0.121. The fourth-order valence-electron chi connectivity index (χ4n) is 3.66. The molecule has 2 heterocycles. The lowest BCUT2D eigenvalue weighted by Crippen LogP contribution is -2.30. The minimum Gasteiger partial charge on any atom is -0.454 e. The zero-order chi connectivity index (χ0) is 22.7. The van der Waals surface area contributed by atoms with E-state index in [0.29, 0.717) is 43.2 Å². The standard InChI is InChI=1S/C22H26N4O5S/c1-3-26(4-2)32(28,29)17-6-7-19-18(12-17)24-14-25(19)10-9-22(27)23-13-16-5-8-20-21(11-16)31-15-30-20/h5-8,11-12,14H,3-4,9-10,13,15H2,1-2H3,(H,23,27). The van der Waals surface area contributed by atoms with Crippen molar-refractivity contribution < 1.29 is 22.7 Å². The molecule has 0 fully saturated rings. The summed E-state index contributed by atoms with van der Waals surface area (Å²) in [7, 11) is -3.54. The van der Waals surface area contributed by atoms with Gasteiger partial charge in [-0.05, 0) is 35.9 Å². The molecule has 1 aliphatic rings. The molecule has 0 atom stereocenters. The molecular weight excluding hydrogens is 432 g/mol. The predicted molar refractivity (Wildman–Crippen MR) is 119 cm³/mol. The number of fused-ring (bicyclic) bond motifs is 2. The Balaban J connectivity index is 1.37. The zero-order valence-corrected chi connectivity index (χ0v) is 18.9. The van der Waals surface area contributed by atoms with E-state index in [4.69, 9.17) is 9.47 Å². The molecule has 2 aromatic carbocycles. The second-order valence-electron chi connectivity index (χ2n) is 7.39. The third-order valence-electron chi connectivity index (χ3n) is 5.44. The molecule has 0 saturated heterocycles. The lowest BCUT2D eigenvalue weighted by atomic mass is 10.2. The van der Waals surface area contributed by atoms with Crippen LogP contribution in [-0.4, -0.2) is 48.1 Å². The first-order valence-electron chi connectivity index (χ1n) is 10.5. The highest BCUT2D eigenvalue weighted by Crippen LogP contribution is 2.32. The minimum atomic E-state index is -3.54. The number of aromatic nitrogens is 2. The largest absolute Gasteiger partial charge is 0.454 e. The van der Waals surface area contributed by atoms with E-state index in [9.17, 15) is 13.2 Å². The van der Waals surface area contributed by atoms with Crippen molar-refractivity contribution >= 4 is 27.0 Å². The zero-order valence-electron chi connectivity index (χ0n) is 18.1. The van der Waals surface area contributed by atoms with Gasteiger partial charge in [-0.3, -0.25) is 4.79 Å². The highest BCUT2D eigenvalue weighted by molar-refractivity contribution is 7.89. The van der Waals surface area contributed by atoms with Crippen LogP contribution in [0.3, 0.4) is 0 Å². The fourth-order valence-corrected chi connectivity index (χ4v) is 5.14. The summed E-state index contributed by atoms with van der Waals surface area (Å²) in [5, 5.41) is 2.90. The number of nitrogens with zero attached hydrogens (tertiary/aromatic N) is 3. The van der Waals surface area contributed by atoms with Crippen molar-refractivity contribution in [3.8, 4) is 11.5 Å². The number of carbonyl (C=O) groups excluding carboxylic acids is 1. The maximum absolute atomic E-state index is 12.7. The van der Waals surface area contributed by atoms with Gasteiger partial charge in [0.05, 0.1) is 22.3 Å². The van der Waals surface area contributed by atoms with E-state index in [0.717, 1.165) is 11.1 Å². The topological polar surface area (TPSA) is 103 Å². The molecule has 0 saturated carbocycles. The average molecular weight is 459 g/mol. The number of nitrogens with one attached hydrogen (secondary N) is 1. The third kappa shape index (κ3) is 4.42. The van der Waals surface area contributed by atoms with Gasteiger partial charge in [-0.25, -0.2) is 13.4 Å². The summed E-state index contributed by atoms with van der Waals surface area (Å²) in [4.78, 5) is 16.9. The van der Waals surface area contributed by atoms with E-state index in [2.05, 4.69) is 10.3 Å². The number of amides is 1. The summed E-state index contributed by atoms with van der Waals surface area (Å²) in [6, 6.07) is 10.5. The van der Waals surface area contributed by atoms with E-state index in [1.165, 1.54) is 4.31 Å². The molecule has 1 aliphatic heterocycles. The molecule has 32 heavy (non-hydrogen) atoms. The van der Waals surface area contributed by atoms with Crippen molar-refractivity contribution in [1.82, 2.24) is 19.2 Å². The van der Waals surface area contributed by atoms with E-state index >= 15 is 0 Å². The van der Waals surface area contributed by atoms with Gasteiger partial charge >= 0.3 is 0 Å². The Kier molecular flexibility index (Phi) is 6.33. The molecule has 170 valence electrons. The molecular formula is C22H26N4O5S. The predicted octanol–water partition coefficient (Wildman–Crippen LogP) is 2.50. The first-order valence-corrected chi connectivity index (χ1v) is 12.0. The summed E-state index contributed by atoms with van der Waals surface area (Å²) in [6.45, 7) is 5.49. The van der Waals surface area contributed by atoms with Crippen LogP contribution in [0.5, 0.6) is 11.5 Å². The van der Waals surface area contributed by atoms with Gasteiger partial charge in [-0.2, -0.15) is 4.31 Å². The van der Waals surface area contributed by atoms with Crippen molar-refractivity contribution in [2.75, 3.05) is 19.9 Å². The third-order valence-corrected chi connectivity index (χ3v) is 7.49. The normalized spacial score (nSPS) is 13.1. The molecule has 1 amide bonds. The molecule has 1 N–H and O–H groups in total. The molecule has 1 aromatic heterocycles. The molecule has 0 spiro atoms. The SMILES string of the molecule is CCN(CC)S(=O)(=O)c1ccc2c(c1)ncn2CCC(=O)NCc1ccc2c(c1)OCO2. The summed E-state index contributed by atoms with van der Waals surface area (Å²) in [5.41, 5.74) is 2.30. The summed E-state index contributed by atoms with van der Waals surface area (Å²) >= 11 is 0. The highest BCUT2D eigenvalue weighted by Gasteiger charge is 2.22. The van der Waals surface area contributed by atoms with Crippen LogP contribution in [-0.2, 0) is 27.9 Å². The van der Waals surface area contributed by atoms with Crippen molar-refractivity contribution in [2.24, 2.45) is 0 Å². The average Bonchev–Trinajstić information content (AvgIpc) is 3.42. The Morgan fingerprint density at radius 3 is 2.69 bits per heavy atom.